The molecule has 1 fully saturated rings. The van der Waals surface area contributed by atoms with Crippen molar-refractivity contribution in [2.75, 3.05) is 34.8 Å². The first kappa shape index (κ1) is 27.7. The number of amides is 1. The van der Waals surface area contributed by atoms with Crippen LogP contribution in [0.3, 0.4) is 0 Å². The van der Waals surface area contributed by atoms with Gasteiger partial charge in [-0.2, -0.15) is 0 Å². The van der Waals surface area contributed by atoms with Gasteiger partial charge in [-0.3, -0.25) is 19.3 Å². The fraction of sp³-hybridized carbons (Fsp3) is 0.519. The van der Waals surface area contributed by atoms with Gasteiger partial charge in [0.1, 0.15) is 28.7 Å². The van der Waals surface area contributed by atoms with Gasteiger partial charge in [-0.15, -0.1) is 0 Å². The number of halogens is 1. The molecule has 0 saturated heterocycles. The number of aliphatic hydroxyl groups is 3. The lowest BCUT2D eigenvalue weighted by molar-refractivity contribution is -0.153. The van der Waals surface area contributed by atoms with E-state index in [1.807, 2.05) is 18.9 Å². The summed E-state index contributed by atoms with van der Waals surface area (Å²) >= 11 is 0. The van der Waals surface area contributed by atoms with Crippen LogP contribution in [0.2, 0.25) is 0 Å². The molecular formula is C27H34FN3O7. The van der Waals surface area contributed by atoms with Gasteiger partial charge < -0.3 is 30.7 Å². The zero-order valence-corrected chi connectivity index (χ0v) is 22.2. The Labute approximate surface area is 220 Å². The highest BCUT2D eigenvalue weighted by Gasteiger charge is 2.64. The van der Waals surface area contributed by atoms with Crippen molar-refractivity contribution in [2.24, 2.45) is 17.6 Å². The lowest BCUT2D eigenvalue weighted by atomic mass is 9.57. The van der Waals surface area contributed by atoms with Gasteiger partial charge in [-0.1, -0.05) is 6.92 Å². The molecule has 11 heteroatoms. The van der Waals surface area contributed by atoms with Gasteiger partial charge in [0.25, 0.3) is 5.91 Å². The number of ether oxygens (including phenoxy) is 1. The predicted octanol–water partition coefficient (Wildman–Crippen LogP) is 1.25. The fourth-order valence-corrected chi connectivity index (χ4v) is 6.36. The Kier molecular flexibility index (Phi) is 7.15. The number of primary amides is 1. The minimum atomic E-state index is -2.68. The average molecular weight is 532 g/mol. The highest BCUT2D eigenvalue weighted by Crippen LogP contribution is 2.53. The Morgan fingerprint density at radius 3 is 2.47 bits per heavy atom. The SMILES string of the molecule is CCCN(C)Cc1cc(OC)c2c(c1F)C[C@H]1C[C@H]3[C@H](N(C)C)C(=O)C(C(N)=O)=C(O)[C@@]3(O)C(=O)C1=C2O. The summed E-state index contributed by atoms with van der Waals surface area (Å²) in [5.74, 6) is -7.15. The first-order valence-electron chi connectivity index (χ1n) is 12.5. The van der Waals surface area contributed by atoms with Crippen LogP contribution in [0.4, 0.5) is 4.39 Å². The van der Waals surface area contributed by atoms with E-state index in [9.17, 15) is 29.7 Å². The molecule has 0 aliphatic heterocycles. The third kappa shape index (κ3) is 3.91. The van der Waals surface area contributed by atoms with E-state index in [-0.39, 0.29) is 35.3 Å². The van der Waals surface area contributed by atoms with Crippen molar-refractivity contribution in [2.45, 2.75) is 44.4 Å². The minimum Gasteiger partial charge on any atom is -0.508 e. The second kappa shape index (κ2) is 9.79. The van der Waals surface area contributed by atoms with Crippen molar-refractivity contribution in [1.29, 1.82) is 0 Å². The molecule has 0 unspecified atom stereocenters. The lowest BCUT2D eigenvalue weighted by Crippen LogP contribution is -2.65. The molecule has 4 rings (SSSR count). The Bertz CT molecular complexity index is 1290. The molecule has 0 bridgehead atoms. The van der Waals surface area contributed by atoms with Gasteiger partial charge in [-0.05, 0) is 58.9 Å². The normalized spacial score (nSPS) is 27.0. The van der Waals surface area contributed by atoms with Gasteiger partial charge in [0.05, 0.1) is 18.7 Å². The van der Waals surface area contributed by atoms with Crippen LogP contribution in [0.1, 0.15) is 36.5 Å². The van der Waals surface area contributed by atoms with Crippen molar-refractivity contribution in [3.63, 3.8) is 0 Å². The quantitative estimate of drug-likeness (QED) is 0.381. The van der Waals surface area contributed by atoms with Crippen LogP contribution >= 0.6 is 0 Å². The standard InChI is InChI=1S/C27H34FN3O7/c1-6-7-31(4)11-13-10-16(38-5)18-14(20(13)28)8-12-9-15-21(30(2)3)23(33)19(26(29)36)25(35)27(15,37)24(34)17(12)22(18)32/h10,12,15,21,32,35,37H,6-9,11H2,1-5H3,(H2,29,36)/t12-,15-,21-,27-/m0/s1. The Morgan fingerprint density at radius 2 is 1.92 bits per heavy atom. The number of ketones is 2. The second-order valence-corrected chi connectivity index (χ2v) is 10.6. The van der Waals surface area contributed by atoms with E-state index < -0.39 is 63.9 Å². The first-order chi connectivity index (χ1) is 17.8. The van der Waals surface area contributed by atoms with Gasteiger partial charge in [-0.25, -0.2) is 4.39 Å². The number of nitrogens with zero attached hydrogens (tertiary/aromatic N) is 2. The summed E-state index contributed by atoms with van der Waals surface area (Å²) in [7, 11) is 6.31. The second-order valence-electron chi connectivity index (χ2n) is 10.6. The average Bonchev–Trinajstić information content (AvgIpc) is 2.83. The number of likely N-dealkylation sites (N-methyl/N-ethyl adjacent to an activating group) is 1. The van der Waals surface area contributed by atoms with Crippen molar-refractivity contribution in [3.05, 3.63) is 45.5 Å². The summed E-state index contributed by atoms with van der Waals surface area (Å²) in [5, 5.41) is 33.9. The molecule has 206 valence electrons. The Balaban J connectivity index is 1.92. The minimum absolute atomic E-state index is 0.00205. The van der Waals surface area contributed by atoms with Crippen LogP contribution in [0.25, 0.3) is 5.76 Å². The molecule has 3 aliphatic rings. The summed E-state index contributed by atoms with van der Waals surface area (Å²) in [6.45, 7) is 3.07. The van der Waals surface area contributed by atoms with Gasteiger partial charge in [0, 0.05) is 29.2 Å². The van der Waals surface area contributed by atoms with Crippen LogP contribution in [-0.4, -0.2) is 89.0 Å². The topological polar surface area (TPSA) is 154 Å². The number of nitrogens with two attached hydrogens (primary N) is 1. The number of methoxy groups -OCH3 is 1. The molecule has 10 nitrogen and oxygen atoms in total. The van der Waals surface area contributed by atoms with Crippen LogP contribution in [-0.2, 0) is 27.3 Å². The smallest absolute Gasteiger partial charge is 0.255 e. The van der Waals surface area contributed by atoms with E-state index in [0.29, 0.717) is 12.1 Å². The number of aliphatic hydroxyl groups excluding tert-OH is 2. The van der Waals surface area contributed by atoms with E-state index in [4.69, 9.17) is 10.5 Å². The van der Waals surface area contributed by atoms with Crippen LogP contribution in [0, 0.1) is 17.7 Å². The number of hydrogen-bond acceptors (Lipinski definition) is 9. The molecule has 1 aromatic carbocycles. The zero-order valence-electron chi connectivity index (χ0n) is 22.2. The first-order valence-corrected chi connectivity index (χ1v) is 12.5. The summed E-state index contributed by atoms with van der Waals surface area (Å²) < 4.78 is 21.3. The number of fused-ring (bicyclic) bond motifs is 3. The molecule has 0 heterocycles. The number of Topliss-reactive ketones (excluding diaryl/α,β-unsaturated/α-hetero) is 2. The molecule has 1 amide bonds. The van der Waals surface area contributed by atoms with Crippen molar-refractivity contribution in [3.8, 4) is 5.75 Å². The van der Waals surface area contributed by atoms with Crippen molar-refractivity contribution in [1.82, 2.24) is 9.80 Å². The van der Waals surface area contributed by atoms with Crippen molar-refractivity contribution >= 4 is 23.2 Å². The highest BCUT2D eigenvalue weighted by molar-refractivity contribution is 6.24. The van der Waals surface area contributed by atoms with Gasteiger partial charge in [0.2, 0.25) is 5.78 Å². The Morgan fingerprint density at radius 1 is 1.26 bits per heavy atom. The monoisotopic (exact) mass is 531 g/mol. The highest BCUT2D eigenvalue weighted by atomic mass is 19.1. The Hall–Kier alpha value is -3.28. The lowest BCUT2D eigenvalue weighted by Gasteiger charge is -2.50. The van der Waals surface area contributed by atoms with E-state index in [1.54, 1.807) is 0 Å². The molecule has 1 saturated carbocycles. The molecule has 0 spiro atoms. The molecule has 1 aromatic rings. The third-order valence-corrected chi connectivity index (χ3v) is 7.98. The van der Waals surface area contributed by atoms with Crippen LogP contribution in [0.15, 0.2) is 23.0 Å². The number of hydrogen-bond donors (Lipinski definition) is 4. The maximum atomic E-state index is 15.9. The van der Waals surface area contributed by atoms with Crippen LogP contribution < -0.4 is 10.5 Å². The molecule has 0 aromatic heterocycles. The van der Waals surface area contributed by atoms with Crippen LogP contribution in [0.5, 0.6) is 5.75 Å². The third-order valence-electron chi connectivity index (χ3n) is 7.98. The van der Waals surface area contributed by atoms with Crippen molar-refractivity contribution < 1.29 is 38.8 Å². The van der Waals surface area contributed by atoms with E-state index in [2.05, 4.69) is 0 Å². The molecule has 5 N–H and O–H groups in total. The maximum Gasteiger partial charge on any atom is 0.255 e. The summed E-state index contributed by atoms with van der Waals surface area (Å²) in [6.07, 6.45) is 0.835. The summed E-state index contributed by atoms with van der Waals surface area (Å²) in [5.41, 5.74) is 2.14. The number of carbonyl (C=O) groups is 3. The molecule has 38 heavy (non-hydrogen) atoms. The summed E-state index contributed by atoms with van der Waals surface area (Å²) in [4.78, 5) is 42.5. The maximum absolute atomic E-state index is 15.9. The number of carbonyl (C=O) groups excluding carboxylic acids is 3. The largest absolute Gasteiger partial charge is 0.508 e. The number of benzene rings is 1. The van der Waals surface area contributed by atoms with E-state index >= 15 is 4.39 Å². The predicted molar refractivity (Wildman–Crippen MR) is 136 cm³/mol. The van der Waals surface area contributed by atoms with E-state index in [0.717, 1.165) is 13.0 Å². The fourth-order valence-electron chi connectivity index (χ4n) is 6.36. The molecule has 4 atom stereocenters. The summed E-state index contributed by atoms with van der Waals surface area (Å²) in [6, 6.07) is 0.312. The van der Waals surface area contributed by atoms with Gasteiger partial charge >= 0.3 is 0 Å². The van der Waals surface area contributed by atoms with Gasteiger partial charge in [0.15, 0.2) is 11.4 Å². The van der Waals surface area contributed by atoms with E-state index in [1.165, 1.54) is 32.2 Å². The number of rotatable bonds is 7. The molecular weight excluding hydrogens is 497 g/mol. The molecule has 3 aliphatic carbocycles. The molecule has 0 radical (unpaired) electrons. The zero-order chi connectivity index (χ0) is 28.3.